The number of nitrogens with two attached hydrogens (primary N) is 1. The average Bonchev–Trinajstić information content (AvgIpc) is 2.60. The van der Waals surface area contributed by atoms with Gasteiger partial charge in [0.05, 0.1) is 13.2 Å². The summed E-state index contributed by atoms with van der Waals surface area (Å²) < 4.78 is 10.6. The number of ether oxygens (including phenoxy) is 1. The molecule has 0 spiro atoms. The van der Waals surface area contributed by atoms with Gasteiger partial charge in [0.2, 0.25) is 5.89 Å². The third kappa shape index (κ3) is 1.33. The molecule has 1 aromatic carbocycles. The SMILES string of the molecule is COc1cccc2nc(C(C)N)oc12. The average molecular weight is 192 g/mol. The van der Waals surface area contributed by atoms with Crippen molar-refractivity contribution in [2.45, 2.75) is 13.0 Å². The molecule has 0 fully saturated rings. The van der Waals surface area contributed by atoms with Crippen molar-refractivity contribution in [1.29, 1.82) is 0 Å². The summed E-state index contributed by atoms with van der Waals surface area (Å²) in [6, 6.07) is 5.37. The van der Waals surface area contributed by atoms with Gasteiger partial charge in [-0.25, -0.2) is 4.98 Å². The fourth-order valence-electron chi connectivity index (χ4n) is 1.30. The second-order valence-electron chi connectivity index (χ2n) is 3.15. The minimum atomic E-state index is -0.202. The number of rotatable bonds is 2. The van der Waals surface area contributed by atoms with Crippen LogP contribution in [-0.2, 0) is 0 Å². The van der Waals surface area contributed by atoms with Crippen molar-refractivity contribution in [1.82, 2.24) is 4.98 Å². The molecule has 0 aliphatic heterocycles. The maximum absolute atomic E-state index is 5.67. The Morgan fingerprint density at radius 1 is 1.50 bits per heavy atom. The van der Waals surface area contributed by atoms with Gasteiger partial charge in [-0.3, -0.25) is 0 Å². The third-order valence-corrected chi connectivity index (χ3v) is 2.00. The molecule has 14 heavy (non-hydrogen) atoms. The highest BCUT2D eigenvalue weighted by atomic mass is 16.5. The van der Waals surface area contributed by atoms with Gasteiger partial charge < -0.3 is 14.9 Å². The van der Waals surface area contributed by atoms with E-state index in [1.54, 1.807) is 7.11 Å². The monoisotopic (exact) mass is 192 g/mol. The number of aromatic nitrogens is 1. The number of benzene rings is 1. The molecule has 2 rings (SSSR count). The van der Waals surface area contributed by atoms with E-state index in [1.807, 2.05) is 25.1 Å². The van der Waals surface area contributed by atoms with E-state index in [1.165, 1.54) is 0 Å². The number of methoxy groups -OCH3 is 1. The maximum atomic E-state index is 5.67. The first-order valence-electron chi connectivity index (χ1n) is 4.41. The van der Waals surface area contributed by atoms with Crippen LogP contribution in [0, 0.1) is 0 Å². The van der Waals surface area contributed by atoms with E-state index in [0.717, 1.165) is 5.52 Å². The summed E-state index contributed by atoms with van der Waals surface area (Å²) in [5, 5.41) is 0. The molecule has 0 amide bonds. The number of hydrogen-bond acceptors (Lipinski definition) is 4. The van der Waals surface area contributed by atoms with Gasteiger partial charge in [0.25, 0.3) is 0 Å². The van der Waals surface area contributed by atoms with Crippen LogP contribution in [0.1, 0.15) is 18.9 Å². The molecule has 2 N–H and O–H groups in total. The highest BCUT2D eigenvalue weighted by Crippen LogP contribution is 2.27. The fourth-order valence-corrected chi connectivity index (χ4v) is 1.30. The van der Waals surface area contributed by atoms with Crippen LogP contribution in [0.5, 0.6) is 5.75 Å². The van der Waals surface area contributed by atoms with E-state index in [9.17, 15) is 0 Å². The van der Waals surface area contributed by atoms with Gasteiger partial charge in [0, 0.05) is 0 Å². The lowest BCUT2D eigenvalue weighted by molar-refractivity contribution is 0.404. The van der Waals surface area contributed by atoms with Gasteiger partial charge in [-0.05, 0) is 19.1 Å². The first-order valence-corrected chi connectivity index (χ1v) is 4.41. The smallest absolute Gasteiger partial charge is 0.212 e. The van der Waals surface area contributed by atoms with Gasteiger partial charge in [0.15, 0.2) is 11.3 Å². The van der Waals surface area contributed by atoms with E-state index in [0.29, 0.717) is 17.2 Å². The van der Waals surface area contributed by atoms with Crippen molar-refractivity contribution in [3.05, 3.63) is 24.1 Å². The molecule has 0 saturated heterocycles. The number of hydrogen-bond donors (Lipinski definition) is 1. The van der Waals surface area contributed by atoms with E-state index in [-0.39, 0.29) is 6.04 Å². The molecule has 0 bridgehead atoms. The van der Waals surface area contributed by atoms with Gasteiger partial charge >= 0.3 is 0 Å². The van der Waals surface area contributed by atoms with Gasteiger partial charge in [0.1, 0.15) is 5.52 Å². The molecule has 1 heterocycles. The van der Waals surface area contributed by atoms with Crippen molar-refractivity contribution in [3.8, 4) is 5.75 Å². The summed E-state index contributed by atoms with van der Waals surface area (Å²) in [4.78, 5) is 4.25. The molecule has 4 nitrogen and oxygen atoms in total. The van der Waals surface area contributed by atoms with Crippen LogP contribution in [0.3, 0.4) is 0 Å². The van der Waals surface area contributed by atoms with Crippen molar-refractivity contribution in [2.75, 3.05) is 7.11 Å². The van der Waals surface area contributed by atoms with Crippen molar-refractivity contribution in [3.63, 3.8) is 0 Å². The summed E-state index contributed by atoms with van der Waals surface area (Å²) >= 11 is 0. The molecule has 4 heteroatoms. The topological polar surface area (TPSA) is 61.3 Å². The summed E-state index contributed by atoms with van der Waals surface area (Å²) in [7, 11) is 1.60. The van der Waals surface area contributed by atoms with E-state index in [4.69, 9.17) is 14.9 Å². The zero-order valence-corrected chi connectivity index (χ0v) is 8.15. The molecule has 0 saturated carbocycles. The molecular formula is C10H12N2O2. The minimum absolute atomic E-state index is 0.202. The molecule has 2 aromatic rings. The molecule has 1 atom stereocenters. The Balaban J connectivity index is 2.64. The number of fused-ring (bicyclic) bond motifs is 1. The standard InChI is InChI=1S/C10H12N2O2/c1-6(11)10-12-7-4-3-5-8(13-2)9(7)14-10/h3-6H,11H2,1-2H3. The highest BCUT2D eigenvalue weighted by molar-refractivity contribution is 5.79. The van der Waals surface area contributed by atoms with E-state index < -0.39 is 0 Å². The molecule has 0 radical (unpaired) electrons. The Morgan fingerprint density at radius 3 is 2.93 bits per heavy atom. The molecule has 0 aliphatic rings. The third-order valence-electron chi connectivity index (χ3n) is 2.00. The van der Waals surface area contributed by atoms with Crippen LogP contribution in [0.15, 0.2) is 22.6 Å². The van der Waals surface area contributed by atoms with Crippen molar-refractivity contribution < 1.29 is 9.15 Å². The summed E-state index contributed by atoms with van der Waals surface area (Å²) in [5.41, 5.74) is 7.10. The van der Waals surface area contributed by atoms with E-state index in [2.05, 4.69) is 4.98 Å². The van der Waals surface area contributed by atoms with Crippen LogP contribution in [0.2, 0.25) is 0 Å². The van der Waals surface area contributed by atoms with Gasteiger partial charge in [-0.1, -0.05) is 6.07 Å². The van der Waals surface area contributed by atoms with Crippen LogP contribution in [0.4, 0.5) is 0 Å². The number of para-hydroxylation sites is 1. The van der Waals surface area contributed by atoms with Crippen LogP contribution in [-0.4, -0.2) is 12.1 Å². The van der Waals surface area contributed by atoms with Crippen LogP contribution >= 0.6 is 0 Å². The lowest BCUT2D eigenvalue weighted by Crippen LogP contribution is -2.04. The molecule has 74 valence electrons. The fraction of sp³-hybridized carbons (Fsp3) is 0.300. The van der Waals surface area contributed by atoms with Crippen LogP contribution < -0.4 is 10.5 Å². The normalized spacial score (nSPS) is 13.1. The van der Waals surface area contributed by atoms with E-state index >= 15 is 0 Å². The summed E-state index contributed by atoms with van der Waals surface area (Å²) in [6.45, 7) is 1.83. The first-order chi connectivity index (χ1) is 6.72. The Labute approximate surface area is 81.7 Å². The summed E-state index contributed by atoms with van der Waals surface area (Å²) in [5.74, 6) is 1.21. The Kier molecular flexibility index (Phi) is 2.13. The lowest BCUT2D eigenvalue weighted by Gasteiger charge is -1.98. The predicted molar refractivity (Wildman–Crippen MR) is 53.2 cm³/mol. The predicted octanol–water partition coefficient (Wildman–Crippen LogP) is 1.86. The Bertz CT molecular complexity index is 448. The zero-order valence-electron chi connectivity index (χ0n) is 8.15. The van der Waals surface area contributed by atoms with Gasteiger partial charge in [-0.15, -0.1) is 0 Å². The van der Waals surface area contributed by atoms with Crippen molar-refractivity contribution in [2.24, 2.45) is 5.73 Å². The Hall–Kier alpha value is -1.55. The largest absolute Gasteiger partial charge is 0.493 e. The minimum Gasteiger partial charge on any atom is -0.493 e. The van der Waals surface area contributed by atoms with Crippen molar-refractivity contribution >= 4 is 11.1 Å². The Morgan fingerprint density at radius 2 is 2.29 bits per heavy atom. The molecule has 0 aliphatic carbocycles. The molecular weight excluding hydrogens is 180 g/mol. The van der Waals surface area contributed by atoms with Crippen LogP contribution in [0.25, 0.3) is 11.1 Å². The quantitative estimate of drug-likeness (QED) is 0.788. The molecule has 1 unspecified atom stereocenters. The molecule has 1 aromatic heterocycles. The highest BCUT2D eigenvalue weighted by Gasteiger charge is 2.12. The van der Waals surface area contributed by atoms with Gasteiger partial charge in [-0.2, -0.15) is 0 Å². The lowest BCUT2D eigenvalue weighted by atomic mass is 10.3. The second-order valence-corrected chi connectivity index (χ2v) is 3.15. The maximum Gasteiger partial charge on any atom is 0.212 e. The zero-order chi connectivity index (χ0) is 10.1. The first kappa shape index (κ1) is 9.02. The summed E-state index contributed by atoms with van der Waals surface area (Å²) in [6.07, 6.45) is 0. The number of oxazole rings is 1. The second kappa shape index (κ2) is 3.31. The number of nitrogens with zero attached hydrogens (tertiary/aromatic N) is 1.